The van der Waals surface area contributed by atoms with E-state index in [9.17, 15) is 4.79 Å². The van der Waals surface area contributed by atoms with Crippen molar-refractivity contribution in [3.8, 4) is 0 Å². The van der Waals surface area contributed by atoms with Gasteiger partial charge in [-0.05, 0) is 49.2 Å². The summed E-state index contributed by atoms with van der Waals surface area (Å²) >= 11 is 7.20. The predicted molar refractivity (Wildman–Crippen MR) is 80.3 cm³/mol. The molecule has 0 radical (unpaired) electrons. The third-order valence-corrected chi connectivity index (χ3v) is 3.89. The molecule has 2 aromatic rings. The van der Waals surface area contributed by atoms with E-state index in [1.54, 1.807) is 18.3 Å². The maximum absolute atomic E-state index is 11.9. The molecule has 0 aliphatic rings. The van der Waals surface area contributed by atoms with E-state index >= 15 is 0 Å². The molecule has 0 fully saturated rings. The van der Waals surface area contributed by atoms with Gasteiger partial charge >= 0.3 is 0 Å². The summed E-state index contributed by atoms with van der Waals surface area (Å²) in [4.78, 5) is 12.7. The van der Waals surface area contributed by atoms with Crippen LogP contribution in [0.15, 0.2) is 35.4 Å². The minimum absolute atomic E-state index is 0.220. The van der Waals surface area contributed by atoms with Gasteiger partial charge in [0.15, 0.2) is 0 Å². The first-order chi connectivity index (χ1) is 9.06. The molecule has 0 bridgehead atoms. The number of hydrogen-bond donors (Lipinski definition) is 1. The van der Waals surface area contributed by atoms with Gasteiger partial charge in [-0.15, -0.1) is 11.3 Å². The Bertz CT molecular complexity index is 634. The molecule has 98 valence electrons. The number of nitrogens with zero attached hydrogens (tertiary/aromatic N) is 1. The first kappa shape index (κ1) is 13.8. The predicted octanol–water partition coefficient (Wildman–Crippen LogP) is 3.78. The minimum atomic E-state index is -0.220. The number of amides is 1. The Morgan fingerprint density at radius 3 is 2.68 bits per heavy atom. The van der Waals surface area contributed by atoms with Crippen LogP contribution in [0, 0.1) is 13.8 Å². The first-order valence-electron chi connectivity index (χ1n) is 5.72. The van der Waals surface area contributed by atoms with Gasteiger partial charge in [-0.1, -0.05) is 17.7 Å². The van der Waals surface area contributed by atoms with Crippen molar-refractivity contribution in [1.29, 1.82) is 0 Å². The molecule has 19 heavy (non-hydrogen) atoms. The SMILES string of the molecule is Cc1ccc(C(=O)N/N=C/c2ccc(Cl)s2)cc1C. The number of aryl methyl sites for hydroxylation is 2. The molecule has 0 saturated carbocycles. The Hall–Kier alpha value is -1.65. The molecule has 0 atom stereocenters. The van der Waals surface area contributed by atoms with E-state index in [4.69, 9.17) is 11.6 Å². The normalized spacial score (nSPS) is 10.9. The van der Waals surface area contributed by atoms with Crippen LogP contribution in [0.25, 0.3) is 0 Å². The van der Waals surface area contributed by atoms with Crippen molar-refractivity contribution in [2.45, 2.75) is 13.8 Å². The lowest BCUT2D eigenvalue weighted by molar-refractivity contribution is 0.0955. The van der Waals surface area contributed by atoms with Crippen LogP contribution in [-0.2, 0) is 0 Å². The lowest BCUT2D eigenvalue weighted by atomic mass is 10.1. The summed E-state index contributed by atoms with van der Waals surface area (Å²) in [7, 11) is 0. The fourth-order valence-electron chi connectivity index (χ4n) is 1.50. The molecule has 0 spiro atoms. The van der Waals surface area contributed by atoms with Gasteiger partial charge in [-0.25, -0.2) is 5.43 Å². The largest absolute Gasteiger partial charge is 0.271 e. The van der Waals surface area contributed by atoms with Crippen molar-refractivity contribution in [2.24, 2.45) is 5.10 Å². The lowest BCUT2D eigenvalue weighted by Crippen LogP contribution is -2.17. The second-order valence-electron chi connectivity index (χ2n) is 4.14. The first-order valence-corrected chi connectivity index (χ1v) is 6.92. The number of carbonyl (C=O) groups excluding carboxylic acids is 1. The van der Waals surface area contributed by atoms with Gasteiger partial charge in [0.25, 0.3) is 5.91 Å². The topological polar surface area (TPSA) is 41.5 Å². The molecule has 1 heterocycles. The monoisotopic (exact) mass is 292 g/mol. The van der Waals surface area contributed by atoms with Crippen LogP contribution in [0.5, 0.6) is 0 Å². The summed E-state index contributed by atoms with van der Waals surface area (Å²) in [6.07, 6.45) is 1.58. The maximum Gasteiger partial charge on any atom is 0.271 e. The third-order valence-electron chi connectivity index (χ3n) is 2.72. The zero-order chi connectivity index (χ0) is 13.8. The smallest absolute Gasteiger partial charge is 0.267 e. The van der Waals surface area contributed by atoms with Crippen molar-refractivity contribution >= 4 is 35.1 Å². The number of nitrogens with one attached hydrogen (secondary N) is 1. The quantitative estimate of drug-likeness (QED) is 0.679. The van der Waals surface area contributed by atoms with Gasteiger partial charge in [0.2, 0.25) is 0 Å². The van der Waals surface area contributed by atoms with Crippen LogP contribution >= 0.6 is 22.9 Å². The number of thiophene rings is 1. The second kappa shape index (κ2) is 5.99. The van der Waals surface area contributed by atoms with Crippen LogP contribution < -0.4 is 5.43 Å². The molecule has 1 aromatic carbocycles. The molecule has 0 unspecified atom stereocenters. The van der Waals surface area contributed by atoms with E-state index < -0.39 is 0 Å². The molecule has 2 rings (SSSR count). The van der Waals surface area contributed by atoms with E-state index in [-0.39, 0.29) is 5.91 Å². The second-order valence-corrected chi connectivity index (χ2v) is 5.89. The zero-order valence-electron chi connectivity index (χ0n) is 10.6. The van der Waals surface area contributed by atoms with Gasteiger partial charge in [0.05, 0.1) is 10.6 Å². The van der Waals surface area contributed by atoms with Gasteiger partial charge in [0, 0.05) is 10.4 Å². The maximum atomic E-state index is 11.9. The van der Waals surface area contributed by atoms with Gasteiger partial charge < -0.3 is 0 Å². The minimum Gasteiger partial charge on any atom is -0.267 e. The molecule has 5 heteroatoms. The van der Waals surface area contributed by atoms with Crippen molar-refractivity contribution in [3.63, 3.8) is 0 Å². The molecule has 0 aliphatic carbocycles. The Kier molecular flexibility index (Phi) is 4.35. The Balaban J connectivity index is 2.01. The average Bonchev–Trinajstić information content (AvgIpc) is 2.78. The van der Waals surface area contributed by atoms with Gasteiger partial charge in [0.1, 0.15) is 0 Å². The zero-order valence-corrected chi connectivity index (χ0v) is 12.2. The number of carbonyl (C=O) groups is 1. The number of rotatable bonds is 3. The summed E-state index contributed by atoms with van der Waals surface area (Å²) in [5, 5.41) is 3.91. The van der Waals surface area contributed by atoms with Crippen molar-refractivity contribution in [2.75, 3.05) is 0 Å². The molecule has 1 aromatic heterocycles. The molecule has 0 aliphatic heterocycles. The number of hydrazone groups is 1. The van der Waals surface area contributed by atoms with Crippen molar-refractivity contribution in [3.05, 3.63) is 56.2 Å². The fraction of sp³-hybridized carbons (Fsp3) is 0.143. The summed E-state index contributed by atoms with van der Waals surface area (Å²) in [5.41, 5.74) is 5.34. The standard InChI is InChI=1S/C14H13ClN2OS/c1-9-3-4-11(7-10(9)2)14(18)17-16-8-12-5-6-13(15)19-12/h3-8H,1-2H3,(H,17,18)/b16-8+. The Morgan fingerprint density at radius 1 is 1.26 bits per heavy atom. The molecule has 3 nitrogen and oxygen atoms in total. The lowest BCUT2D eigenvalue weighted by Gasteiger charge is -2.03. The molecule has 0 saturated heterocycles. The third kappa shape index (κ3) is 3.66. The van der Waals surface area contributed by atoms with Crippen LogP contribution in [-0.4, -0.2) is 12.1 Å². The van der Waals surface area contributed by atoms with Crippen LogP contribution in [0.3, 0.4) is 0 Å². The number of halogens is 1. The van der Waals surface area contributed by atoms with Crippen molar-refractivity contribution in [1.82, 2.24) is 5.43 Å². The Morgan fingerprint density at radius 2 is 2.05 bits per heavy atom. The highest BCUT2D eigenvalue weighted by Crippen LogP contribution is 2.19. The fourth-order valence-corrected chi connectivity index (χ4v) is 2.43. The number of benzene rings is 1. The molecule has 1 amide bonds. The van der Waals surface area contributed by atoms with Crippen LogP contribution in [0.2, 0.25) is 4.34 Å². The summed E-state index contributed by atoms with van der Waals surface area (Å²) in [6.45, 7) is 3.98. The van der Waals surface area contributed by atoms with E-state index in [1.807, 2.05) is 32.0 Å². The number of hydrogen-bond acceptors (Lipinski definition) is 3. The van der Waals surface area contributed by atoms with Gasteiger partial charge in [-0.3, -0.25) is 4.79 Å². The summed E-state index contributed by atoms with van der Waals surface area (Å²) < 4.78 is 0.696. The molecular weight excluding hydrogens is 280 g/mol. The Labute approximate surface area is 120 Å². The van der Waals surface area contributed by atoms with E-state index in [2.05, 4.69) is 10.5 Å². The molecular formula is C14H13ClN2OS. The van der Waals surface area contributed by atoms with Crippen molar-refractivity contribution < 1.29 is 4.79 Å². The summed E-state index contributed by atoms with van der Waals surface area (Å²) in [5.74, 6) is -0.220. The summed E-state index contributed by atoms with van der Waals surface area (Å²) in [6, 6.07) is 9.20. The van der Waals surface area contributed by atoms with Gasteiger partial charge in [-0.2, -0.15) is 5.10 Å². The van der Waals surface area contributed by atoms with E-state index in [0.29, 0.717) is 9.90 Å². The van der Waals surface area contributed by atoms with E-state index in [0.717, 1.165) is 16.0 Å². The molecule has 1 N–H and O–H groups in total. The highest BCUT2D eigenvalue weighted by atomic mass is 35.5. The highest BCUT2D eigenvalue weighted by molar-refractivity contribution is 7.17. The van der Waals surface area contributed by atoms with Crippen LogP contribution in [0.4, 0.5) is 0 Å². The average molecular weight is 293 g/mol. The van der Waals surface area contributed by atoms with E-state index in [1.165, 1.54) is 11.3 Å². The highest BCUT2D eigenvalue weighted by Gasteiger charge is 2.05. The van der Waals surface area contributed by atoms with Crippen LogP contribution in [0.1, 0.15) is 26.4 Å².